The summed E-state index contributed by atoms with van der Waals surface area (Å²) in [6.07, 6.45) is 1.08. The van der Waals surface area contributed by atoms with E-state index in [9.17, 15) is 0 Å². The van der Waals surface area contributed by atoms with Crippen molar-refractivity contribution in [3.63, 3.8) is 0 Å². The molecule has 100 valence electrons. The number of nitrogens with zero attached hydrogens (tertiary/aromatic N) is 1. The van der Waals surface area contributed by atoms with Crippen LogP contribution < -0.4 is 10.6 Å². The van der Waals surface area contributed by atoms with Crippen LogP contribution in [0.5, 0.6) is 0 Å². The Morgan fingerprint density at radius 2 is 1.63 bits per heavy atom. The second-order valence-electron chi connectivity index (χ2n) is 4.90. The largest absolute Gasteiger partial charge is 0.344 e. The molecule has 0 fully saturated rings. The zero-order valence-corrected chi connectivity index (χ0v) is 12.0. The third-order valence-electron chi connectivity index (χ3n) is 3.59. The molecule has 2 heteroatoms. The third-order valence-corrected chi connectivity index (χ3v) is 3.59. The minimum atomic E-state index is 0.593. The van der Waals surface area contributed by atoms with Gasteiger partial charge in [0.25, 0.3) is 0 Å². The molecule has 0 saturated heterocycles. The van der Waals surface area contributed by atoms with Crippen molar-refractivity contribution >= 4 is 11.4 Å². The van der Waals surface area contributed by atoms with Crippen molar-refractivity contribution in [1.29, 1.82) is 0 Å². The van der Waals surface area contributed by atoms with Crippen molar-refractivity contribution in [2.24, 2.45) is 5.73 Å². The molecule has 2 rings (SSSR count). The van der Waals surface area contributed by atoms with E-state index in [0.29, 0.717) is 6.54 Å². The summed E-state index contributed by atoms with van der Waals surface area (Å²) in [5.74, 6) is 0. The molecule has 0 amide bonds. The summed E-state index contributed by atoms with van der Waals surface area (Å²) >= 11 is 0. The summed E-state index contributed by atoms with van der Waals surface area (Å²) in [6.45, 7) is 4.90. The lowest BCUT2D eigenvalue weighted by atomic mass is 10.1. The summed E-state index contributed by atoms with van der Waals surface area (Å²) < 4.78 is 0. The van der Waals surface area contributed by atoms with Gasteiger partial charge in [0.2, 0.25) is 0 Å². The van der Waals surface area contributed by atoms with Crippen molar-refractivity contribution in [2.75, 3.05) is 11.9 Å². The molecule has 0 bridgehead atoms. The van der Waals surface area contributed by atoms with Crippen LogP contribution in [0.2, 0.25) is 0 Å². The Kier molecular flexibility index (Phi) is 4.23. The number of anilines is 2. The quantitative estimate of drug-likeness (QED) is 0.899. The Morgan fingerprint density at radius 3 is 2.16 bits per heavy atom. The second kappa shape index (κ2) is 5.89. The fraction of sp³-hybridized carbons (Fsp3) is 0.294. The van der Waals surface area contributed by atoms with Crippen LogP contribution >= 0.6 is 0 Å². The van der Waals surface area contributed by atoms with Crippen LogP contribution in [-0.4, -0.2) is 7.05 Å². The van der Waals surface area contributed by atoms with Crippen LogP contribution in [0.25, 0.3) is 0 Å². The van der Waals surface area contributed by atoms with Gasteiger partial charge < -0.3 is 10.6 Å². The average Bonchev–Trinajstić information content (AvgIpc) is 2.46. The molecule has 0 radical (unpaired) electrons. The second-order valence-corrected chi connectivity index (χ2v) is 4.90. The van der Waals surface area contributed by atoms with Crippen LogP contribution in [0, 0.1) is 6.92 Å². The van der Waals surface area contributed by atoms with Gasteiger partial charge in [-0.05, 0) is 48.2 Å². The molecule has 2 aromatic carbocycles. The van der Waals surface area contributed by atoms with Crippen LogP contribution in [0.1, 0.15) is 23.6 Å². The smallest absolute Gasteiger partial charge is 0.0438 e. The Labute approximate surface area is 115 Å². The highest BCUT2D eigenvalue weighted by atomic mass is 15.1. The van der Waals surface area contributed by atoms with Gasteiger partial charge in [-0.3, -0.25) is 0 Å². The number of hydrogen-bond donors (Lipinski definition) is 1. The van der Waals surface area contributed by atoms with E-state index in [-0.39, 0.29) is 0 Å². The fourth-order valence-corrected chi connectivity index (χ4v) is 2.32. The van der Waals surface area contributed by atoms with Gasteiger partial charge in [0.05, 0.1) is 0 Å². The van der Waals surface area contributed by atoms with E-state index in [1.54, 1.807) is 0 Å². The summed E-state index contributed by atoms with van der Waals surface area (Å²) in [6, 6.07) is 15.1. The van der Waals surface area contributed by atoms with Gasteiger partial charge in [0, 0.05) is 25.0 Å². The molecule has 2 N–H and O–H groups in total. The first-order valence-electron chi connectivity index (χ1n) is 6.78. The van der Waals surface area contributed by atoms with Crippen molar-refractivity contribution in [1.82, 2.24) is 0 Å². The highest BCUT2D eigenvalue weighted by molar-refractivity contribution is 5.66. The Hall–Kier alpha value is -1.80. The van der Waals surface area contributed by atoms with Crippen LogP contribution in [-0.2, 0) is 13.0 Å². The molecule has 0 aliphatic rings. The average molecular weight is 254 g/mol. The molecule has 2 aromatic rings. The van der Waals surface area contributed by atoms with Gasteiger partial charge in [0.1, 0.15) is 0 Å². The minimum Gasteiger partial charge on any atom is -0.344 e. The summed E-state index contributed by atoms with van der Waals surface area (Å²) in [4.78, 5) is 2.22. The maximum absolute atomic E-state index is 5.67. The SMILES string of the molecule is CCc1ccc(N(C)c2ccc(CN)cc2C)cc1. The maximum Gasteiger partial charge on any atom is 0.0438 e. The first kappa shape index (κ1) is 13.6. The van der Waals surface area contributed by atoms with Crippen molar-refractivity contribution in [3.8, 4) is 0 Å². The number of aryl methyl sites for hydroxylation is 2. The minimum absolute atomic E-state index is 0.593. The highest BCUT2D eigenvalue weighted by Crippen LogP contribution is 2.27. The topological polar surface area (TPSA) is 29.3 Å². The Bertz CT molecular complexity index is 544. The monoisotopic (exact) mass is 254 g/mol. The lowest BCUT2D eigenvalue weighted by Crippen LogP contribution is -2.11. The molecule has 0 heterocycles. The molecule has 0 aliphatic heterocycles. The van der Waals surface area contributed by atoms with Gasteiger partial charge in [-0.15, -0.1) is 0 Å². The molecular weight excluding hydrogens is 232 g/mol. The van der Waals surface area contributed by atoms with Gasteiger partial charge in [0.15, 0.2) is 0 Å². The molecule has 0 unspecified atom stereocenters. The first-order valence-corrected chi connectivity index (χ1v) is 6.78. The summed E-state index contributed by atoms with van der Waals surface area (Å²) in [5.41, 5.74) is 11.9. The molecule has 0 spiro atoms. The predicted molar refractivity (Wildman–Crippen MR) is 83.0 cm³/mol. The number of benzene rings is 2. The number of nitrogens with two attached hydrogens (primary N) is 1. The lowest BCUT2D eigenvalue weighted by Gasteiger charge is -2.22. The predicted octanol–water partition coefficient (Wildman–Crippen LogP) is 3.78. The fourth-order valence-electron chi connectivity index (χ4n) is 2.32. The highest BCUT2D eigenvalue weighted by Gasteiger charge is 2.07. The summed E-state index contributed by atoms with van der Waals surface area (Å²) in [7, 11) is 2.10. The summed E-state index contributed by atoms with van der Waals surface area (Å²) in [5, 5.41) is 0. The molecule has 19 heavy (non-hydrogen) atoms. The van der Waals surface area contributed by atoms with E-state index < -0.39 is 0 Å². The van der Waals surface area contributed by atoms with Crippen LogP contribution in [0.3, 0.4) is 0 Å². The standard InChI is InChI=1S/C17H22N2/c1-4-14-5-8-16(9-6-14)19(3)17-10-7-15(12-18)11-13(17)2/h5-11H,4,12,18H2,1-3H3. The van der Waals surface area contributed by atoms with E-state index in [1.807, 2.05) is 0 Å². The van der Waals surface area contributed by atoms with Crippen molar-refractivity contribution < 1.29 is 0 Å². The molecule has 0 saturated carbocycles. The Morgan fingerprint density at radius 1 is 1.00 bits per heavy atom. The van der Waals surface area contributed by atoms with Gasteiger partial charge in [-0.25, -0.2) is 0 Å². The zero-order valence-electron chi connectivity index (χ0n) is 12.0. The van der Waals surface area contributed by atoms with Crippen molar-refractivity contribution in [3.05, 3.63) is 59.2 Å². The van der Waals surface area contributed by atoms with Crippen molar-refractivity contribution in [2.45, 2.75) is 26.8 Å². The molecular formula is C17H22N2. The molecule has 0 aliphatic carbocycles. The van der Waals surface area contributed by atoms with E-state index in [4.69, 9.17) is 5.73 Å². The first-order chi connectivity index (χ1) is 9.15. The number of rotatable bonds is 4. The maximum atomic E-state index is 5.67. The van der Waals surface area contributed by atoms with Crippen LogP contribution in [0.15, 0.2) is 42.5 Å². The van der Waals surface area contributed by atoms with E-state index in [0.717, 1.165) is 6.42 Å². The molecule has 0 atom stereocenters. The lowest BCUT2D eigenvalue weighted by molar-refractivity contribution is 1.06. The van der Waals surface area contributed by atoms with Gasteiger partial charge in [-0.1, -0.05) is 31.2 Å². The van der Waals surface area contributed by atoms with Gasteiger partial charge >= 0.3 is 0 Å². The van der Waals surface area contributed by atoms with E-state index >= 15 is 0 Å². The zero-order chi connectivity index (χ0) is 13.8. The third kappa shape index (κ3) is 2.96. The van der Waals surface area contributed by atoms with E-state index in [1.165, 1.54) is 28.1 Å². The van der Waals surface area contributed by atoms with Crippen LogP contribution in [0.4, 0.5) is 11.4 Å². The van der Waals surface area contributed by atoms with E-state index in [2.05, 4.69) is 68.3 Å². The van der Waals surface area contributed by atoms with Gasteiger partial charge in [-0.2, -0.15) is 0 Å². The Balaban J connectivity index is 2.29. The molecule has 0 aromatic heterocycles. The normalized spacial score (nSPS) is 10.5. The number of hydrogen-bond acceptors (Lipinski definition) is 2. The molecule has 2 nitrogen and oxygen atoms in total.